The average molecular weight is 307 g/mol. The lowest BCUT2D eigenvalue weighted by molar-refractivity contribution is 0.162. The molecule has 1 heterocycles. The molecule has 3 rings (SSSR count). The summed E-state index contributed by atoms with van der Waals surface area (Å²) in [6.45, 7) is 6.09. The Bertz CT molecular complexity index is 524. The van der Waals surface area contributed by atoms with Gasteiger partial charge in [0.1, 0.15) is 0 Å². The monoisotopic (exact) mass is 307 g/mol. The van der Waals surface area contributed by atoms with Gasteiger partial charge in [0, 0.05) is 12.5 Å². The zero-order valence-electron chi connectivity index (χ0n) is 14.3. The molecule has 0 radical (unpaired) electrons. The molecule has 0 saturated carbocycles. The fraction of sp³-hybridized carbons (Fsp3) is 0.455. The molecule has 0 bridgehead atoms. The van der Waals surface area contributed by atoms with Crippen LogP contribution >= 0.6 is 0 Å². The van der Waals surface area contributed by atoms with Crippen molar-refractivity contribution in [2.75, 3.05) is 19.6 Å². The Morgan fingerprint density at radius 1 is 0.957 bits per heavy atom. The van der Waals surface area contributed by atoms with Crippen molar-refractivity contribution in [2.24, 2.45) is 5.92 Å². The van der Waals surface area contributed by atoms with Crippen LogP contribution in [0.3, 0.4) is 0 Å². The fourth-order valence-electron chi connectivity index (χ4n) is 4.01. The zero-order chi connectivity index (χ0) is 15.9. The fourth-order valence-corrected chi connectivity index (χ4v) is 4.01. The van der Waals surface area contributed by atoms with Crippen LogP contribution in [0.15, 0.2) is 60.7 Å². The van der Waals surface area contributed by atoms with Crippen LogP contribution in [0.1, 0.15) is 49.7 Å². The van der Waals surface area contributed by atoms with Crippen LogP contribution in [0, 0.1) is 5.92 Å². The Morgan fingerprint density at radius 3 is 2.13 bits per heavy atom. The van der Waals surface area contributed by atoms with Gasteiger partial charge in [-0.15, -0.1) is 0 Å². The van der Waals surface area contributed by atoms with E-state index in [0.29, 0.717) is 5.92 Å². The van der Waals surface area contributed by atoms with E-state index >= 15 is 0 Å². The number of hydrogen-bond acceptors (Lipinski definition) is 1. The molecule has 1 aliphatic rings. The molecule has 0 aliphatic carbocycles. The summed E-state index contributed by atoms with van der Waals surface area (Å²) < 4.78 is 0. The van der Waals surface area contributed by atoms with E-state index in [4.69, 9.17) is 0 Å². The normalized spacial score (nSPS) is 19.1. The lowest BCUT2D eigenvalue weighted by Crippen LogP contribution is -2.38. The van der Waals surface area contributed by atoms with E-state index in [1.807, 2.05) is 0 Å². The van der Waals surface area contributed by atoms with Crippen molar-refractivity contribution in [2.45, 2.75) is 38.5 Å². The first-order valence-electron chi connectivity index (χ1n) is 9.20. The molecule has 122 valence electrons. The Labute approximate surface area is 141 Å². The summed E-state index contributed by atoms with van der Waals surface area (Å²) in [6, 6.07) is 22.2. The molecular weight excluding hydrogens is 278 g/mol. The highest BCUT2D eigenvalue weighted by Crippen LogP contribution is 2.37. The Kier molecular flexibility index (Phi) is 5.87. The van der Waals surface area contributed by atoms with E-state index in [9.17, 15) is 0 Å². The average Bonchev–Trinajstić information content (AvgIpc) is 2.62. The molecule has 0 amide bonds. The summed E-state index contributed by atoms with van der Waals surface area (Å²) in [5.74, 6) is 1.26. The molecule has 2 aromatic rings. The highest BCUT2D eigenvalue weighted by atomic mass is 15.1. The third-order valence-electron chi connectivity index (χ3n) is 5.16. The topological polar surface area (TPSA) is 3.24 Å². The van der Waals surface area contributed by atoms with Crippen LogP contribution in [0.2, 0.25) is 0 Å². The largest absolute Gasteiger partial charge is 0.303 e. The number of unbranched alkanes of at least 4 members (excludes halogenated alkanes) is 1. The summed E-state index contributed by atoms with van der Waals surface area (Å²) in [6.07, 6.45) is 5.30. The van der Waals surface area contributed by atoms with Crippen molar-refractivity contribution in [3.8, 4) is 0 Å². The molecular formula is C22H29N. The maximum atomic E-state index is 2.69. The second kappa shape index (κ2) is 8.31. The number of piperidine rings is 1. The third-order valence-corrected chi connectivity index (χ3v) is 5.16. The summed E-state index contributed by atoms with van der Waals surface area (Å²) in [4.78, 5) is 2.69. The minimum Gasteiger partial charge on any atom is -0.303 e. The van der Waals surface area contributed by atoms with Crippen molar-refractivity contribution in [1.82, 2.24) is 4.90 Å². The van der Waals surface area contributed by atoms with Gasteiger partial charge in [0.15, 0.2) is 0 Å². The summed E-state index contributed by atoms with van der Waals surface area (Å²) in [5.41, 5.74) is 2.95. The lowest BCUT2D eigenvalue weighted by Gasteiger charge is -2.37. The third kappa shape index (κ3) is 4.23. The standard InChI is InChI=1S/C22H29N/c1-2-3-16-23-17-10-15-21(18-23)22(19-11-6-4-7-12-19)20-13-8-5-9-14-20/h4-9,11-14,21-22H,2-3,10,15-18H2,1H3. The predicted molar refractivity (Wildman–Crippen MR) is 98.8 cm³/mol. The van der Waals surface area contributed by atoms with Crippen molar-refractivity contribution < 1.29 is 0 Å². The quantitative estimate of drug-likeness (QED) is 0.697. The number of hydrogen-bond donors (Lipinski definition) is 0. The summed E-state index contributed by atoms with van der Waals surface area (Å²) in [5, 5.41) is 0. The van der Waals surface area contributed by atoms with E-state index in [1.165, 1.54) is 56.4 Å². The molecule has 1 nitrogen and oxygen atoms in total. The maximum Gasteiger partial charge on any atom is 0.0130 e. The molecule has 1 fully saturated rings. The van der Waals surface area contributed by atoms with Crippen molar-refractivity contribution in [3.63, 3.8) is 0 Å². The highest BCUT2D eigenvalue weighted by molar-refractivity contribution is 5.33. The molecule has 1 aliphatic heterocycles. The number of benzene rings is 2. The van der Waals surface area contributed by atoms with Gasteiger partial charge in [-0.3, -0.25) is 0 Å². The van der Waals surface area contributed by atoms with Crippen LogP contribution in [-0.4, -0.2) is 24.5 Å². The van der Waals surface area contributed by atoms with Gasteiger partial charge in [0.05, 0.1) is 0 Å². The van der Waals surface area contributed by atoms with E-state index in [-0.39, 0.29) is 0 Å². The van der Waals surface area contributed by atoms with Crippen molar-refractivity contribution in [3.05, 3.63) is 71.8 Å². The van der Waals surface area contributed by atoms with Crippen LogP contribution < -0.4 is 0 Å². The Balaban J connectivity index is 1.83. The number of rotatable bonds is 6. The van der Waals surface area contributed by atoms with Crippen molar-refractivity contribution in [1.29, 1.82) is 0 Å². The highest BCUT2D eigenvalue weighted by Gasteiger charge is 2.29. The van der Waals surface area contributed by atoms with E-state index in [1.54, 1.807) is 0 Å². The van der Waals surface area contributed by atoms with Gasteiger partial charge in [-0.1, -0.05) is 74.0 Å². The van der Waals surface area contributed by atoms with Crippen LogP contribution in [0.25, 0.3) is 0 Å². The Morgan fingerprint density at radius 2 is 1.57 bits per heavy atom. The predicted octanol–water partition coefficient (Wildman–Crippen LogP) is 5.33. The van der Waals surface area contributed by atoms with Gasteiger partial charge in [0.25, 0.3) is 0 Å². The number of likely N-dealkylation sites (tertiary alicyclic amines) is 1. The van der Waals surface area contributed by atoms with Gasteiger partial charge < -0.3 is 4.90 Å². The molecule has 0 spiro atoms. The zero-order valence-corrected chi connectivity index (χ0v) is 14.3. The SMILES string of the molecule is CCCCN1CCCC(C(c2ccccc2)c2ccccc2)C1. The van der Waals surface area contributed by atoms with Gasteiger partial charge in [0.2, 0.25) is 0 Å². The molecule has 0 N–H and O–H groups in total. The van der Waals surface area contributed by atoms with Crippen LogP contribution in [0.4, 0.5) is 0 Å². The molecule has 1 atom stereocenters. The van der Waals surface area contributed by atoms with Gasteiger partial charge in [-0.05, 0) is 49.4 Å². The van der Waals surface area contributed by atoms with Crippen LogP contribution in [0.5, 0.6) is 0 Å². The molecule has 0 aromatic heterocycles. The summed E-state index contributed by atoms with van der Waals surface area (Å²) in [7, 11) is 0. The Hall–Kier alpha value is -1.60. The molecule has 1 unspecified atom stereocenters. The van der Waals surface area contributed by atoms with E-state index in [0.717, 1.165) is 5.92 Å². The summed E-state index contributed by atoms with van der Waals surface area (Å²) >= 11 is 0. The van der Waals surface area contributed by atoms with E-state index < -0.39 is 0 Å². The molecule has 1 heteroatoms. The van der Waals surface area contributed by atoms with Gasteiger partial charge in [-0.2, -0.15) is 0 Å². The minimum absolute atomic E-state index is 0.529. The van der Waals surface area contributed by atoms with E-state index in [2.05, 4.69) is 72.5 Å². The molecule has 1 saturated heterocycles. The minimum atomic E-state index is 0.529. The lowest BCUT2D eigenvalue weighted by atomic mass is 9.77. The van der Waals surface area contributed by atoms with Crippen molar-refractivity contribution >= 4 is 0 Å². The molecule has 23 heavy (non-hydrogen) atoms. The van der Waals surface area contributed by atoms with Crippen LogP contribution in [-0.2, 0) is 0 Å². The van der Waals surface area contributed by atoms with Gasteiger partial charge in [-0.25, -0.2) is 0 Å². The first-order valence-corrected chi connectivity index (χ1v) is 9.20. The second-order valence-electron chi connectivity index (χ2n) is 6.86. The maximum absolute atomic E-state index is 2.69. The smallest absolute Gasteiger partial charge is 0.0130 e. The number of nitrogens with zero attached hydrogens (tertiary/aromatic N) is 1. The first-order chi connectivity index (χ1) is 11.4. The van der Waals surface area contributed by atoms with Gasteiger partial charge >= 0.3 is 0 Å². The second-order valence-corrected chi connectivity index (χ2v) is 6.86. The first kappa shape index (κ1) is 16.3. The molecule has 2 aromatic carbocycles.